The average molecular weight is 337 g/mol. The van der Waals surface area contributed by atoms with E-state index in [4.69, 9.17) is 5.26 Å². The number of hydrogen-bond acceptors (Lipinski definition) is 4. The van der Waals surface area contributed by atoms with Gasteiger partial charge in [-0.05, 0) is 62.1 Å². The second-order valence-corrected chi connectivity index (χ2v) is 7.28. The molecule has 1 saturated heterocycles. The summed E-state index contributed by atoms with van der Waals surface area (Å²) in [5.41, 5.74) is 1.39. The van der Waals surface area contributed by atoms with Crippen molar-refractivity contribution in [2.24, 2.45) is 11.8 Å². The lowest BCUT2D eigenvalue weighted by Gasteiger charge is -2.56. The van der Waals surface area contributed by atoms with E-state index in [1.54, 1.807) is 12.1 Å². The van der Waals surface area contributed by atoms with Crippen molar-refractivity contribution in [1.82, 2.24) is 4.90 Å². The van der Waals surface area contributed by atoms with Crippen LogP contribution in [-0.4, -0.2) is 34.6 Å². The molecule has 5 heteroatoms. The van der Waals surface area contributed by atoms with E-state index in [2.05, 4.69) is 12.1 Å². The molecule has 130 valence electrons. The molecule has 2 aliphatic rings. The quantitative estimate of drug-likeness (QED) is 0.914. The largest absolute Gasteiger partial charge is 0.396 e. The highest BCUT2D eigenvalue weighted by atomic mass is 16.3. The summed E-state index contributed by atoms with van der Waals surface area (Å²) in [7, 11) is 0. The third-order valence-electron chi connectivity index (χ3n) is 5.91. The van der Waals surface area contributed by atoms with Crippen LogP contribution in [0.1, 0.15) is 43.2 Å². The van der Waals surface area contributed by atoms with Gasteiger partial charge in [-0.3, -0.25) is 4.79 Å². The first kappa shape index (κ1) is 17.5. The minimum atomic E-state index is -0.680. The van der Waals surface area contributed by atoms with Crippen LogP contribution < -0.4 is 0 Å². The van der Waals surface area contributed by atoms with Gasteiger partial charge in [0.15, 0.2) is 0 Å². The molecular weight excluding hydrogens is 314 g/mol. The molecule has 0 radical (unpaired) electrons. The van der Waals surface area contributed by atoms with E-state index in [1.807, 2.05) is 17.0 Å². The molecule has 1 amide bonds. The number of likely N-dealkylation sites (tertiary alicyclic amines) is 1. The molecule has 1 aromatic carbocycles. The Bertz CT molecular complexity index is 706. The van der Waals surface area contributed by atoms with Gasteiger partial charge < -0.3 is 10.0 Å². The molecule has 1 heterocycles. The van der Waals surface area contributed by atoms with Crippen LogP contribution in [0.15, 0.2) is 24.3 Å². The molecule has 1 spiro atoms. The van der Waals surface area contributed by atoms with Crippen LogP contribution in [-0.2, 0) is 11.2 Å². The highest BCUT2D eigenvalue weighted by Crippen LogP contribution is 2.45. The second kappa shape index (κ2) is 7.25. The Balaban J connectivity index is 1.66. The van der Waals surface area contributed by atoms with Crippen LogP contribution in [0.5, 0.6) is 0 Å². The van der Waals surface area contributed by atoms with Gasteiger partial charge in [0, 0.05) is 18.7 Å². The van der Waals surface area contributed by atoms with E-state index < -0.39 is 5.92 Å². The number of aliphatic hydroxyl groups is 1. The predicted octanol–water partition coefficient (Wildman–Crippen LogP) is 2.39. The fourth-order valence-corrected chi connectivity index (χ4v) is 4.13. The van der Waals surface area contributed by atoms with Crippen LogP contribution in [0.3, 0.4) is 0 Å². The van der Waals surface area contributed by atoms with Gasteiger partial charge in [0.05, 0.1) is 17.7 Å². The molecule has 0 aromatic heterocycles. The highest BCUT2D eigenvalue weighted by Gasteiger charge is 2.50. The fraction of sp³-hybridized carbons (Fsp3) is 0.550. The molecule has 2 fully saturated rings. The zero-order chi connectivity index (χ0) is 17.9. The molecular formula is C20H23N3O2. The van der Waals surface area contributed by atoms with Gasteiger partial charge in [0.1, 0.15) is 5.92 Å². The van der Waals surface area contributed by atoms with Gasteiger partial charge in [-0.1, -0.05) is 12.1 Å². The number of aliphatic hydroxyl groups excluding tert-OH is 1. The molecule has 25 heavy (non-hydrogen) atoms. The topological polar surface area (TPSA) is 88.1 Å². The lowest BCUT2D eigenvalue weighted by atomic mass is 9.69. The fourth-order valence-electron chi connectivity index (χ4n) is 4.13. The molecule has 1 saturated carbocycles. The van der Waals surface area contributed by atoms with Crippen LogP contribution in [0.25, 0.3) is 0 Å². The molecule has 1 atom stereocenters. The minimum absolute atomic E-state index is 0.0689. The van der Waals surface area contributed by atoms with Crippen LogP contribution in [0.4, 0.5) is 0 Å². The van der Waals surface area contributed by atoms with Crippen molar-refractivity contribution in [2.45, 2.75) is 44.1 Å². The Labute approximate surface area is 148 Å². The van der Waals surface area contributed by atoms with Crippen molar-refractivity contribution < 1.29 is 9.90 Å². The van der Waals surface area contributed by atoms with E-state index in [-0.39, 0.29) is 18.1 Å². The zero-order valence-electron chi connectivity index (χ0n) is 14.3. The Morgan fingerprint density at radius 2 is 1.92 bits per heavy atom. The van der Waals surface area contributed by atoms with E-state index in [1.165, 1.54) is 0 Å². The van der Waals surface area contributed by atoms with E-state index >= 15 is 0 Å². The summed E-state index contributed by atoms with van der Waals surface area (Å²) in [6.45, 7) is 0.956. The number of hydrogen-bond donors (Lipinski definition) is 1. The van der Waals surface area contributed by atoms with Crippen molar-refractivity contribution in [3.63, 3.8) is 0 Å². The number of carbonyl (C=O) groups is 1. The summed E-state index contributed by atoms with van der Waals surface area (Å²) < 4.78 is 0. The Kier molecular flexibility index (Phi) is 5.06. The smallest absolute Gasteiger partial charge is 0.240 e. The Morgan fingerprint density at radius 1 is 1.24 bits per heavy atom. The number of nitriles is 2. The van der Waals surface area contributed by atoms with Gasteiger partial charge >= 0.3 is 0 Å². The summed E-state index contributed by atoms with van der Waals surface area (Å²) in [4.78, 5) is 14.8. The lowest BCUT2D eigenvalue weighted by molar-refractivity contribution is -0.154. The Hall–Kier alpha value is -2.37. The molecule has 1 N–H and O–H groups in total. The molecule has 1 aliphatic carbocycles. The predicted molar refractivity (Wildman–Crippen MR) is 92.1 cm³/mol. The summed E-state index contributed by atoms with van der Waals surface area (Å²) in [5, 5.41) is 27.7. The van der Waals surface area contributed by atoms with Crippen LogP contribution in [0, 0.1) is 34.5 Å². The Morgan fingerprint density at radius 3 is 2.40 bits per heavy atom. The molecule has 5 nitrogen and oxygen atoms in total. The lowest BCUT2D eigenvalue weighted by Crippen LogP contribution is -2.64. The zero-order valence-corrected chi connectivity index (χ0v) is 14.3. The first-order valence-electron chi connectivity index (χ1n) is 8.93. The average Bonchev–Trinajstić information content (AvgIpc) is 2.65. The summed E-state index contributed by atoms with van der Waals surface area (Å²) in [6, 6.07) is 11.3. The molecule has 1 unspecified atom stereocenters. The van der Waals surface area contributed by atoms with Gasteiger partial charge in [-0.15, -0.1) is 0 Å². The molecule has 1 aromatic rings. The van der Waals surface area contributed by atoms with Crippen LogP contribution in [0.2, 0.25) is 0 Å². The van der Waals surface area contributed by atoms with Crippen molar-refractivity contribution in [1.29, 1.82) is 10.5 Å². The maximum absolute atomic E-state index is 12.9. The second-order valence-electron chi connectivity index (χ2n) is 7.28. The van der Waals surface area contributed by atoms with Crippen LogP contribution >= 0.6 is 0 Å². The first-order chi connectivity index (χ1) is 12.1. The van der Waals surface area contributed by atoms with Gasteiger partial charge in [0.2, 0.25) is 5.91 Å². The third-order valence-corrected chi connectivity index (χ3v) is 5.91. The van der Waals surface area contributed by atoms with Gasteiger partial charge in [-0.2, -0.15) is 10.5 Å². The normalized spacial score (nSPS) is 26.4. The number of rotatable bonds is 4. The highest BCUT2D eigenvalue weighted by molar-refractivity contribution is 5.83. The SMILES string of the molecule is N#Cc1ccc(CC(C#N)C(=O)N2CCC23CCC(CO)CC3)cc1. The van der Waals surface area contributed by atoms with E-state index in [0.717, 1.165) is 44.2 Å². The maximum Gasteiger partial charge on any atom is 0.240 e. The van der Waals surface area contributed by atoms with Crippen molar-refractivity contribution >= 4 is 5.91 Å². The summed E-state index contributed by atoms with van der Waals surface area (Å²) >= 11 is 0. The number of benzene rings is 1. The summed E-state index contributed by atoms with van der Waals surface area (Å²) in [5.74, 6) is -0.394. The number of carbonyl (C=O) groups excluding carboxylic acids is 1. The standard InChI is InChI=1S/C20H23N3O2/c21-12-16-3-1-15(2-4-16)11-18(13-22)19(25)23-10-9-20(23)7-5-17(14-24)6-8-20/h1-4,17-18,24H,5-11,14H2. The molecule has 3 rings (SSSR count). The van der Waals surface area contributed by atoms with Gasteiger partial charge in [-0.25, -0.2) is 0 Å². The van der Waals surface area contributed by atoms with E-state index in [0.29, 0.717) is 17.9 Å². The minimum Gasteiger partial charge on any atom is -0.396 e. The molecule has 1 aliphatic heterocycles. The van der Waals surface area contributed by atoms with Crippen molar-refractivity contribution in [3.05, 3.63) is 35.4 Å². The third kappa shape index (κ3) is 3.38. The monoisotopic (exact) mass is 337 g/mol. The first-order valence-corrected chi connectivity index (χ1v) is 8.93. The van der Waals surface area contributed by atoms with Crippen molar-refractivity contribution in [2.75, 3.05) is 13.2 Å². The van der Waals surface area contributed by atoms with Crippen molar-refractivity contribution in [3.8, 4) is 12.1 Å². The number of nitrogens with zero attached hydrogens (tertiary/aromatic N) is 3. The van der Waals surface area contributed by atoms with E-state index in [9.17, 15) is 15.2 Å². The number of amides is 1. The maximum atomic E-state index is 12.9. The summed E-state index contributed by atoms with van der Waals surface area (Å²) in [6.07, 6.45) is 5.15. The molecule has 0 bridgehead atoms. The van der Waals surface area contributed by atoms with Gasteiger partial charge in [0.25, 0.3) is 0 Å².